The Morgan fingerprint density at radius 1 is 1.54 bits per heavy atom. The highest BCUT2D eigenvalue weighted by Crippen LogP contribution is 2.19. The van der Waals surface area contributed by atoms with Gasteiger partial charge in [0.1, 0.15) is 0 Å². The third-order valence-corrected chi connectivity index (χ3v) is 1.82. The molecule has 0 saturated carbocycles. The normalized spacial score (nSPS) is 12.5. The molecule has 0 aliphatic rings. The predicted molar refractivity (Wildman–Crippen MR) is 50.4 cm³/mol. The van der Waals surface area contributed by atoms with Crippen LogP contribution in [-0.4, -0.2) is 11.1 Å². The summed E-state index contributed by atoms with van der Waals surface area (Å²) in [6, 6.07) is 4.38. The Hall–Kier alpha value is -1.55. The number of aromatic carboxylic acids is 1. The molecule has 4 heteroatoms. The molecule has 0 unspecified atom stereocenters. The number of rotatable bonds is 2. The monoisotopic (exact) mass is 180 g/mol. The molecule has 0 spiro atoms. The van der Waals surface area contributed by atoms with Crippen molar-refractivity contribution >= 4 is 11.7 Å². The Labute approximate surface area is 76.2 Å². The molecule has 0 aliphatic heterocycles. The lowest BCUT2D eigenvalue weighted by Crippen LogP contribution is -2.09. The molecule has 5 N–H and O–H groups in total. The van der Waals surface area contributed by atoms with E-state index in [1.54, 1.807) is 13.0 Å². The molecule has 0 radical (unpaired) electrons. The van der Waals surface area contributed by atoms with Gasteiger partial charge in [0.2, 0.25) is 0 Å². The number of benzene rings is 1. The number of hydrogen-bond donors (Lipinski definition) is 3. The van der Waals surface area contributed by atoms with Crippen LogP contribution in [0, 0.1) is 0 Å². The Bertz CT molecular complexity index is 334. The molecule has 1 aromatic rings. The van der Waals surface area contributed by atoms with Gasteiger partial charge in [-0.3, -0.25) is 0 Å². The fraction of sp³-hybridized carbons (Fsp3) is 0.222. The fourth-order valence-corrected chi connectivity index (χ4v) is 1.12. The molecule has 0 fully saturated rings. The van der Waals surface area contributed by atoms with Crippen LogP contribution in [0.5, 0.6) is 0 Å². The Kier molecular flexibility index (Phi) is 2.53. The van der Waals surface area contributed by atoms with Gasteiger partial charge in [-0.15, -0.1) is 0 Å². The van der Waals surface area contributed by atoms with Crippen molar-refractivity contribution in [2.45, 2.75) is 13.0 Å². The van der Waals surface area contributed by atoms with Crippen LogP contribution in [0.2, 0.25) is 0 Å². The van der Waals surface area contributed by atoms with E-state index in [1.807, 2.05) is 0 Å². The van der Waals surface area contributed by atoms with Crippen molar-refractivity contribution in [1.82, 2.24) is 0 Å². The minimum absolute atomic E-state index is 0.178. The van der Waals surface area contributed by atoms with Gasteiger partial charge in [-0.05, 0) is 24.6 Å². The van der Waals surface area contributed by atoms with Crippen molar-refractivity contribution in [3.63, 3.8) is 0 Å². The van der Waals surface area contributed by atoms with Crippen molar-refractivity contribution in [2.75, 3.05) is 5.73 Å². The highest BCUT2D eigenvalue weighted by Gasteiger charge is 2.08. The minimum Gasteiger partial charge on any atom is -0.478 e. The molecule has 1 aromatic carbocycles. The minimum atomic E-state index is -0.983. The van der Waals surface area contributed by atoms with Crippen molar-refractivity contribution < 1.29 is 9.90 Å². The van der Waals surface area contributed by atoms with E-state index >= 15 is 0 Å². The first-order valence-electron chi connectivity index (χ1n) is 3.90. The molecule has 13 heavy (non-hydrogen) atoms. The number of nitrogen functional groups attached to an aromatic ring is 1. The summed E-state index contributed by atoms with van der Waals surface area (Å²) in [5.74, 6) is -0.983. The number of hydrogen-bond acceptors (Lipinski definition) is 3. The van der Waals surface area contributed by atoms with E-state index < -0.39 is 5.97 Å². The summed E-state index contributed by atoms with van der Waals surface area (Å²) in [6.07, 6.45) is 0. The number of nitrogens with two attached hydrogens (primary N) is 2. The van der Waals surface area contributed by atoms with Crippen LogP contribution in [0.3, 0.4) is 0 Å². The molecule has 0 bridgehead atoms. The molecule has 0 aromatic heterocycles. The van der Waals surface area contributed by atoms with Gasteiger partial charge >= 0.3 is 5.97 Å². The second kappa shape index (κ2) is 3.45. The maximum atomic E-state index is 10.5. The van der Waals surface area contributed by atoms with Crippen molar-refractivity contribution in [3.05, 3.63) is 29.3 Å². The molecule has 4 nitrogen and oxygen atoms in total. The average Bonchev–Trinajstić information content (AvgIpc) is 2.03. The Morgan fingerprint density at radius 3 is 2.54 bits per heavy atom. The summed E-state index contributed by atoms with van der Waals surface area (Å²) in [5.41, 5.74) is 12.6. The summed E-state index contributed by atoms with van der Waals surface area (Å²) in [4.78, 5) is 10.5. The first-order valence-corrected chi connectivity index (χ1v) is 3.90. The summed E-state index contributed by atoms with van der Waals surface area (Å²) in [6.45, 7) is 1.80. The van der Waals surface area contributed by atoms with Crippen LogP contribution in [0.25, 0.3) is 0 Å². The SMILES string of the molecule is C[C@H](N)c1ccc(C(=O)O)cc1N. The van der Waals surface area contributed by atoms with Gasteiger partial charge in [0.05, 0.1) is 5.56 Å². The summed E-state index contributed by atoms with van der Waals surface area (Å²) in [5, 5.41) is 8.65. The topological polar surface area (TPSA) is 89.3 Å². The molecular formula is C9H12N2O2. The molecule has 1 atom stereocenters. The van der Waals surface area contributed by atoms with Crippen LogP contribution in [0.4, 0.5) is 5.69 Å². The van der Waals surface area contributed by atoms with Crippen LogP contribution < -0.4 is 11.5 Å². The number of carboxylic acids is 1. The zero-order valence-corrected chi connectivity index (χ0v) is 7.32. The van der Waals surface area contributed by atoms with Crippen LogP contribution >= 0.6 is 0 Å². The lowest BCUT2D eigenvalue weighted by atomic mass is 10.0. The van der Waals surface area contributed by atoms with E-state index in [1.165, 1.54) is 12.1 Å². The van der Waals surface area contributed by atoms with E-state index in [0.29, 0.717) is 5.69 Å². The highest BCUT2D eigenvalue weighted by molar-refractivity contribution is 5.89. The largest absolute Gasteiger partial charge is 0.478 e. The van der Waals surface area contributed by atoms with Gasteiger partial charge in [0.25, 0.3) is 0 Å². The Morgan fingerprint density at radius 2 is 2.15 bits per heavy atom. The molecule has 0 saturated heterocycles. The number of anilines is 1. The second-order valence-corrected chi connectivity index (χ2v) is 2.94. The molecule has 0 heterocycles. The second-order valence-electron chi connectivity index (χ2n) is 2.94. The first-order chi connectivity index (χ1) is 6.02. The lowest BCUT2D eigenvalue weighted by Gasteiger charge is -2.09. The van der Waals surface area contributed by atoms with Crippen LogP contribution in [0.1, 0.15) is 28.9 Å². The fourth-order valence-electron chi connectivity index (χ4n) is 1.12. The summed E-state index contributed by atoms with van der Waals surface area (Å²) >= 11 is 0. The first kappa shape index (κ1) is 9.54. The van der Waals surface area contributed by atoms with E-state index in [2.05, 4.69) is 0 Å². The smallest absolute Gasteiger partial charge is 0.335 e. The third-order valence-electron chi connectivity index (χ3n) is 1.82. The average molecular weight is 180 g/mol. The molecule has 0 aliphatic carbocycles. The quantitative estimate of drug-likeness (QED) is 0.592. The maximum absolute atomic E-state index is 10.5. The van der Waals surface area contributed by atoms with Crippen LogP contribution in [0.15, 0.2) is 18.2 Å². The highest BCUT2D eigenvalue weighted by atomic mass is 16.4. The van der Waals surface area contributed by atoms with E-state index in [0.717, 1.165) is 5.56 Å². The van der Waals surface area contributed by atoms with E-state index in [4.69, 9.17) is 16.6 Å². The molecular weight excluding hydrogens is 168 g/mol. The summed E-state index contributed by atoms with van der Waals surface area (Å²) < 4.78 is 0. The van der Waals surface area contributed by atoms with E-state index in [9.17, 15) is 4.79 Å². The zero-order valence-electron chi connectivity index (χ0n) is 7.32. The molecule has 0 amide bonds. The third kappa shape index (κ3) is 1.97. The summed E-state index contributed by atoms with van der Waals surface area (Å²) in [7, 11) is 0. The predicted octanol–water partition coefficient (Wildman–Crippen LogP) is 0.987. The maximum Gasteiger partial charge on any atom is 0.335 e. The standard InChI is InChI=1S/C9H12N2O2/c1-5(10)7-3-2-6(9(12)13)4-8(7)11/h2-5H,10-11H2,1H3,(H,12,13)/t5-/m0/s1. The van der Waals surface area contributed by atoms with Gasteiger partial charge in [0, 0.05) is 11.7 Å². The Balaban J connectivity index is 3.13. The molecule has 70 valence electrons. The van der Waals surface area contributed by atoms with Gasteiger partial charge in [-0.2, -0.15) is 0 Å². The van der Waals surface area contributed by atoms with Crippen molar-refractivity contribution in [1.29, 1.82) is 0 Å². The van der Waals surface area contributed by atoms with Gasteiger partial charge in [-0.1, -0.05) is 6.07 Å². The van der Waals surface area contributed by atoms with Gasteiger partial charge < -0.3 is 16.6 Å². The van der Waals surface area contributed by atoms with Gasteiger partial charge in [0.15, 0.2) is 0 Å². The molecule has 1 rings (SSSR count). The van der Waals surface area contributed by atoms with E-state index in [-0.39, 0.29) is 11.6 Å². The van der Waals surface area contributed by atoms with Crippen molar-refractivity contribution in [3.8, 4) is 0 Å². The van der Waals surface area contributed by atoms with Crippen molar-refractivity contribution in [2.24, 2.45) is 5.73 Å². The van der Waals surface area contributed by atoms with Crippen LogP contribution in [-0.2, 0) is 0 Å². The van der Waals surface area contributed by atoms with Gasteiger partial charge in [-0.25, -0.2) is 4.79 Å². The number of carbonyl (C=O) groups is 1. The zero-order chi connectivity index (χ0) is 10.0. The lowest BCUT2D eigenvalue weighted by molar-refractivity contribution is 0.0697. The number of carboxylic acid groups (broad SMARTS) is 1.